The van der Waals surface area contributed by atoms with E-state index in [0.29, 0.717) is 12.6 Å². The number of phenols is 2. The summed E-state index contributed by atoms with van der Waals surface area (Å²) in [4.78, 5) is 39.8. The lowest BCUT2D eigenvalue weighted by atomic mass is 10.2. The van der Waals surface area contributed by atoms with Crippen molar-refractivity contribution in [3.05, 3.63) is 66.2 Å². The van der Waals surface area contributed by atoms with E-state index in [9.17, 15) is 34.9 Å². The van der Waals surface area contributed by atoms with Gasteiger partial charge in [-0.05, 0) is 22.0 Å². The van der Waals surface area contributed by atoms with Crippen LogP contribution in [-0.2, 0) is 0 Å². The molecular weight excluding hydrogens is 404 g/mol. The zero-order valence-corrected chi connectivity index (χ0v) is 13.7. The fourth-order valence-electron chi connectivity index (χ4n) is 1.55. The molecule has 11 heteroatoms. The molecule has 2 N–H and O–H groups in total. The van der Waals surface area contributed by atoms with Crippen molar-refractivity contribution >= 4 is 39.9 Å². The van der Waals surface area contributed by atoms with Gasteiger partial charge in [0, 0.05) is 24.3 Å². The Balaban J connectivity index is 0.000000251. The highest BCUT2D eigenvalue weighted by atomic mass is 79.9. The molecule has 0 saturated heterocycles. The first-order valence-electron chi connectivity index (χ1n) is 6.26. The Hall–Kier alpha value is -3.34. The van der Waals surface area contributed by atoms with Crippen molar-refractivity contribution in [3.63, 3.8) is 0 Å². The van der Waals surface area contributed by atoms with Gasteiger partial charge in [0.05, 0.1) is 25.4 Å². The van der Waals surface area contributed by atoms with Gasteiger partial charge in [-0.1, -0.05) is 0 Å². The van der Waals surface area contributed by atoms with Gasteiger partial charge in [0.25, 0.3) is 11.4 Å². The summed E-state index contributed by atoms with van der Waals surface area (Å²) in [5.74, 6) is -0.545. The van der Waals surface area contributed by atoms with Gasteiger partial charge in [0.15, 0.2) is 12.6 Å². The summed E-state index contributed by atoms with van der Waals surface area (Å²) in [6, 6.07) is 5.39. The summed E-state index contributed by atoms with van der Waals surface area (Å²) >= 11 is 2.89. The molecule has 0 atom stereocenters. The Morgan fingerprint density at radius 2 is 1.40 bits per heavy atom. The maximum atomic E-state index is 10.4. The highest BCUT2D eigenvalue weighted by Gasteiger charge is 2.13. The Kier molecular flexibility index (Phi) is 6.70. The summed E-state index contributed by atoms with van der Waals surface area (Å²) < 4.78 is 0.129. The second-order valence-electron chi connectivity index (χ2n) is 4.36. The van der Waals surface area contributed by atoms with Crippen molar-refractivity contribution in [1.82, 2.24) is 0 Å². The second-order valence-corrected chi connectivity index (χ2v) is 5.21. The molecule has 0 aliphatic carbocycles. The average molecular weight is 413 g/mol. The molecule has 130 valence electrons. The fraction of sp³-hybridized carbons (Fsp3) is 0. The number of carbonyl (C=O) groups is 2. The fourth-order valence-corrected chi connectivity index (χ4v) is 2.01. The molecule has 2 aromatic rings. The lowest BCUT2D eigenvalue weighted by Crippen LogP contribution is -1.91. The van der Waals surface area contributed by atoms with E-state index in [1.54, 1.807) is 0 Å². The van der Waals surface area contributed by atoms with E-state index in [2.05, 4.69) is 15.9 Å². The number of nitro groups is 2. The molecule has 0 aromatic heterocycles. The standard InChI is InChI=1S/C7H4BrNO4.C7H5NO4/c8-6-2-5(9(12)13)1-4(3-10)7(6)11;9-4-5-3-6(8(11)12)1-2-7(5)10/h1-3,11H;1-4,10H. The lowest BCUT2D eigenvalue weighted by molar-refractivity contribution is -0.385. The third-order valence-corrected chi connectivity index (χ3v) is 3.37. The minimum absolute atomic E-state index is 0.0794. The van der Waals surface area contributed by atoms with Crippen LogP contribution in [0.5, 0.6) is 11.5 Å². The number of hydrogen-bond donors (Lipinski definition) is 2. The summed E-state index contributed by atoms with van der Waals surface area (Å²) in [7, 11) is 0. The van der Waals surface area contributed by atoms with Crippen LogP contribution in [-0.4, -0.2) is 32.6 Å². The number of halogens is 1. The van der Waals surface area contributed by atoms with Crippen LogP contribution in [0.25, 0.3) is 0 Å². The number of aldehydes is 2. The Morgan fingerprint density at radius 1 is 0.880 bits per heavy atom. The highest BCUT2D eigenvalue weighted by molar-refractivity contribution is 9.10. The van der Waals surface area contributed by atoms with Crippen molar-refractivity contribution in [3.8, 4) is 11.5 Å². The van der Waals surface area contributed by atoms with Crippen LogP contribution in [0.4, 0.5) is 11.4 Å². The topological polar surface area (TPSA) is 161 Å². The van der Waals surface area contributed by atoms with Gasteiger partial charge in [-0.2, -0.15) is 0 Å². The van der Waals surface area contributed by atoms with E-state index < -0.39 is 9.85 Å². The quantitative estimate of drug-likeness (QED) is 0.439. The maximum Gasteiger partial charge on any atom is 0.271 e. The average Bonchev–Trinajstić information content (AvgIpc) is 2.57. The Labute approximate surface area is 147 Å². The molecule has 0 fully saturated rings. The first-order chi connectivity index (χ1) is 11.7. The molecule has 0 saturated carbocycles. The number of phenolic OH excluding ortho intramolecular Hbond substituents is 2. The van der Waals surface area contributed by atoms with Crippen LogP contribution in [0.3, 0.4) is 0 Å². The summed E-state index contributed by atoms with van der Waals surface area (Å²) in [5.41, 5.74) is -0.646. The van der Waals surface area contributed by atoms with Gasteiger partial charge >= 0.3 is 0 Å². The number of nitro benzene ring substituents is 2. The number of aromatic hydroxyl groups is 2. The van der Waals surface area contributed by atoms with E-state index in [-0.39, 0.29) is 38.5 Å². The Morgan fingerprint density at radius 3 is 1.88 bits per heavy atom. The zero-order chi connectivity index (χ0) is 19.1. The minimum atomic E-state index is -0.642. The molecule has 0 heterocycles. The molecule has 0 bridgehead atoms. The third kappa shape index (κ3) is 5.07. The second kappa shape index (κ2) is 8.49. The number of non-ortho nitro benzene ring substituents is 2. The van der Waals surface area contributed by atoms with Crippen molar-refractivity contribution in [2.24, 2.45) is 0 Å². The largest absolute Gasteiger partial charge is 0.507 e. The normalized spacial score (nSPS) is 9.48. The Bertz CT molecular complexity index is 853. The number of nitrogens with zero attached hydrogens (tertiary/aromatic N) is 2. The van der Waals surface area contributed by atoms with Gasteiger partial charge in [-0.15, -0.1) is 0 Å². The zero-order valence-electron chi connectivity index (χ0n) is 12.2. The minimum Gasteiger partial charge on any atom is -0.507 e. The monoisotopic (exact) mass is 412 g/mol. The van der Waals surface area contributed by atoms with E-state index in [0.717, 1.165) is 30.3 Å². The number of carbonyl (C=O) groups excluding carboxylic acids is 2. The smallest absolute Gasteiger partial charge is 0.271 e. The molecule has 2 aromatic carbocycles. The predicted octanol–water partition coefficient (Wildman–Crippen LogP) is 2.99. The van der Waals surface area contributed by atoms with Crippen molar-refractivity contribution < 1.29 is 29.6 Å². The van der Waals surface area contributed by atoms with Gasteiger partial charge in [0.2, 0.25) is 0 Å². The molecular formula is C14H9BrN2O8. The number of benzene rings is 2. The first kappa shape index (κ1) is 19.7. The molecule has 2 rings (SSSR count). The number of hydrogen-bond acceptors (Lipinski definition) is 8. The van der Waals surface area contributed by atoms with Gasteiger partial charge in [-0.3, -0.25) is 29.8 Å². The van der Waals surface area contributed by atoms with Crippen molar-refractivity contribution in [2.45, 2.75) is 0 Å². The van der Waals surface area contributed by atoms with Crippen molar-refractivity contribution in [2.75, 3.05) is 0 Å². The van der Waals surface area contributed by atoms with Crippen LogP contribution < -0.4 is 0 Å². The van der Waals surface area contributed by atoms with Crippen LogP contribution >= 0.6 is 15.9 Å². The first-order valence-corrected chi connectivity index (χ1v) is 7.05. The van der Waals surface area contributed by atoms with E-state index in [1.165, 1.54) is 0 Å². The SMILES string of the molecule is O=Cc1cc([N+](=O)[O-])cc(Br)c1O.O=Cc1cc([N+](=O)[O-])ccc1O. The molecule has 0 unspecified atom stereocenters. The van der Waals surface area contributed by atoms with Crippen LogP contribution in [0.1, 0.15) is 20.7 Å². The maximum absolute atomic E-state index is 10.4. The van der Waals surface area contributed by atoms with Crippen LogP contribution in [0, 0.1) is 20.2 Å². The molecule has 0 radical (unpaired) electrons. The molecule has 0 aliphatic rings. The number of rotatable bonds is 4. The summed E-state index contributed by atoms with van der Waals surface area (Å²) in [6.45, 7) is 0. The lowest BCUT2D eigenvalue weighted by Gasteiger charge is -1.99. The molecule has 0 aliphatic heterocycles. The third-order valence-electron chi connectivity index (χ3n) is 2.76. The van der Waals surface area contributed by atoms with Gasteiger partial charge in [-0.25, -0.2) is 0 Å². The molecule has 0 spiro atoms. The molecule has 25 heavy (non-hydrogen) atoms. The summed E-state index contributed by atoms with van der Waals surface area (Å²) in [6.07, 6.45) is 0.718. The van der Waals surface area contributed by atoms with E-state index in [4.69, 9.17) is 5.11 Å². The highest BCUT2D eigenvalue weighted by Crippen LogP contribution is 2.31. The van der Waals surface area contributed by atoms with Crippen molar-refractivity contribution in [1.29, 1.82) is 0 Å². The molecule has 0 amide bonds. The van der Waals surface area contributed by atoms with E-state index >= 15 is 0 Å². The molecule has 10 nitrogen and oxygen atoms in total. The summed E-state index contributed by atoms with van der Waals surface area (Å²) in [5, 5.41) is 38.7. The predicted molar refractivity (Wildman–Crippen MR) is 88.0 cm³/mol. The van der Waals surface area contributed by atoms with E-state index in [1.807, 2.05) is 0 Å². The van der Waals surface area contributed by atoms with Gasteiger partial charge in [0.1, 0.15) is 11.5 Å². The van der Waals surface area contributed by atoms with Crippen LogP contribution in [0.2, 0.25) is 0 Å². The van der Waals surface area contributed by atoms with Crippen LogP contribution in [0.15, 0.2) is 34.8 Å². The van der Waals surface area contributed by atoms with Gasteiger partial charge < -0.3 is 10.2 Å².